The number of hydrogen-bond donors (Lipinski definition) is 1. The third-order valence-electron chi connectivity index (χ3n) is 4.04. The summed E-state index contributed by atoms with van der Waals surface area (Å²) in [6.45, 7) is -0.336. The van der Waals surface area contributed by atoms with Crippen LogP contribution in [0.1, 0.15) is 11.1 Å². The van der Waals surface area contributed by atoms with E-state index in [9.17, 15) is 4.79 Å². The fourth-order valence-corrected chi connectivity index (χ4v) is 4.92. The second-order valence-electron chi connectivity index (χ2n) is 6.05. The first-order valence-electron chi connectivity index (χ1n) is 8.82. The lowest BCUT2D eigenvalue weighted by atomic mass is 9.98. The van der Waals surface area contributed by atoms with Gasteiger partial charge in [-0.05, 0) is 63.6 Å². The van der Waals surface area contributed by atoms with Gasteiger partial charge in [-0.25, -0.2) is 4.79 Å². The van der Waals surface area contributed by atoms with E-state index in [1.54, 1.807) is 11.8 Å². The maximum atomic E-state index is 10.7. The molecule has 6 heteroatoms. The highest BCUT2D eigenvalue weighted by molar-refractivity contribution is 14.1. The molecule has 0 aromatic heterocycles. The van der Waals surface area contributed by atoms with E-state index in [4.69, 9.17) is 9.84 Å². The van der Waals surface area contributed by atoms with Gasteiger partial charge in [-0.1, -0.05) is 70.5 Å². The zero-order chi connectivity index (χ0) is 20.6. The lowest BCUT2D eigenvalue weighted by Crippen LogP contribution is -2.10. The van der Waals surface area contributed by atoms with E-state index in [0.717, 1.165) is 24.3 Å². The van der Waals surface area contributed by atoms with Gasteiger partial charge >= 0.3 is 5.97 Å². The Morgan fingerprint density at radius 1 is 1.07 bits per heavy atom. The standard InChI is InChI=1S/C23H18BrIO3S/c24-20-9-5-4-8-19(20)18(16-6-2-1-3-7-16)12-13-29-17-10-11-22(21(25)14-17)28-15-23(26)27/h1-12,14H,13,15H2,(H,26,27). The molecular formula is C23H18BrIO3S. The molecule has 148 valence electrons. The van der Waals surface area contributed by atoms with Gasteiger partial charge in [-0.2, -0.15) is 0 Å². The first-order chi connectivity index (χ1) is 14.0. The van der Waals surface area contributed by atoms with Crippen molar-refractivity contribution in [2.75, 3.05) is 12.4 Å². The Labute approximate surface area is 196 Å². The van der Waals surface area contributed by atoms with Crippen LogP contribution in [0.3, 0.4) is 0 Å². The number of thioether (sulfide) groups is 1. The minimum absolute atomic E-state index is 0.336. The van der Waals surface area contributed by atoms with E-state index in [1.807, 2.05) is 48.5 Å². The van der Waals surface area contributed by atoms with Gasteiger partial charge in [0, 0.05) is 15.1 Å². The topological polar surface area (TPSA) is 46.5 Å². The summed E-state index contributed by atoms with van der Waals surface area (Å²) in [5.41, 5.74) is 3.51. The third-order valence-corrected chi connectivity index (χ3v) is 6.50. The molecule has 0 atom stereocenters. The number of ether oxygens (including phenoxy) is 1. The SMILES string of the molecule is O=C(O)COc1ccc(SCC=C(c2ccccc2)c2ccccc2Br)cc1I. The summed E-state index contributed by atoms with van der Waals surface area (Å²) >= 11 is 7.56. The average Bonchev–Trinajstić information content (AvgIpc) is 2.72. The molecular weight excluding hydrogens is 563 g/mol. The Balaban J connectivity index is 1.78. The Bertz CT molecular complexity index is 1020. The monoisotopic (exact) mass is 580 g/mol. The Morgan fingerprint density at radius 3 is 2.48 bits per heavy atom. The number of aliphatic carboxylic acids is 1. The highest BCUT2D eigenvalue weighted by Gasteiger charge is 2.09. The summed E-state index contributed by atoms with van der Waals surface area (Å²) in [6.07, 6.45) is 2.24. The quantitative estimate of drug-likeness (QED) is 0.237. The van der Waals surface area contributed by atoms with Crippen molar-refractivity contribution < 1.29 is 14.6 Å². The van der Waals surface area contributed by atoms with Gasteiger partial charge in [0.25, 0.3) is 0 Å². The lowest BCUT2D eigenvalue weighted by molar-refractivity contribution is -0.139. The molecule has 3 aromatic carbocycles. The largest absolute Gasteiger partial charge is 0.481 e. The molecule has 0 aliphatic carbocycles. The Hall–Kier alpha value is -1.77. The van der Waals surface area contributed by atoms with E-state index in [1.165, 1.54) is 11.1 Å². The molecule has 0 fully saturated rings. The van der Waals surface area contributed by atoms with Crippen molar-refractivity contribution in [3.05, 3.63) is 98.0 Å². The van der Waals surface area contributed by atoms with Crippen LogP contribution in [0.5, 0.6) is 5.75 Å². The first-order valence-corrected chi connectivity index (χ1v) is 11.7. The predicted molar refractivity (Wildman–Crippen MR) is 131 cm³/mol. The molecule has 3 nitrogen and oxygen atoms in total. The Morgan fingerprint density at radius 2 is 1.79 bits per heavy atom. The van der Waals surface area contributed by atoms with E-state index in [-0.39, 0.29) is 6.61 Å². The average molecular weight is 581 g/mol. The molecule has 29 heavy (non-hydrogen) atoms. The van der Waals surface area contributed by atoms with Crippen molar-refractivity contribution in [2.24, 2.45) is 0 Å². The highest BCUT2D eigenvalue weighted by Crippen LogP contribution is 2.32. The molecule has 0 heterocycles. The van der Waals surface area contributed by atoms with Crippen LogP contribution in [-0.2, 0) is 4.79 Å². The van der Waals surface area contributed by atoms with Crippen LogP contribution in [0.25, 0.3) is 5.57 Å². The minimum Gasteiger partial charge on any atom is -0.481 e. The summed E-state index contributed by atoms with van der Waals surface area (Å²) in [6, 6.07) is 24.4. The summed E-state index contributed by atoms with van der Waals surface area (Å²) < 4.78 is 7.25. The van der Waals surface area contributed by atoms with Gasteiger partial charge in [-0.3, -0.25) is 0 Å². The molecule has 0 radical (unpaired) electrons. The zero-order valence-electron chi connectivity index (χ0n) is 15.3. The van der Waals surface area contributed by atoms with Crippen LogP contribution in [0.2, 0.25) is 0 Å². The first kappa shape index (κ1) is 21.9. The molecule has 0 bridgehead atoms. The fraction of sp³-hybridized carbons (Fsp3) is 0.0870. The fourth-order valence-electron chi connectivity index (χ4n) is 2.73. The van der Waals surface area contributed by atoms with Crippen molar-refractivity contribution in [2.45, 2.75) is 4.90 Å². The summed E-state index contributed by atoms with van der Waals surface area (Å²) in [5.74, 6) is 0.410. The molecule has 3 aromatic rings. The van der Waals surface area contributed by atoms with E-state index < -0.39 is 5.97 Å². The molecule has 0 saturated heterocycles. The molecule has 0 amide bonds. The van der Waals surface area contributed by atoms with Crippen LogP contribution in [0.4, 0.5) is 0 Å². The minimum atomic E-state index is -0.982. The van der Waals surface area contributed by atoms with E-state index >= 15 is 0 Å². The molecule has 3 rings (SSSR count). The maximum Gasteiger partial charge on any atom is 0.341 e. The van der Waals surface area contributed by atoms with Crippen molar-refractivity contribution in [1.29, 1.82) is 0 Å². The molecule has 0 unspecified atom stereocenters. The van der Waals surface area contributed by atoms with Gasteiger partial charge in [0.15, 0.2) is 6.61 Å². The number of hydrogen-bond acceptors (Lipinski definition) is 3. The Kier molecular flexibility index (Phi) is 8.20. The van der Waals surface area contributed by atoms with Crippen LogP contribution < -0.4 is 4.74 Å². The predicted octanol–water partition coefficient (Wildman–Crippen LogP) is 6.74. The van der Waals surface area contributed by atoms with Gasteiger partial charge in [0.1, 0.15) is 5.75 Å². The van der Waals surface area contributed by atoms with Crippen LogP contribution in [0.15, 0.2) is 88.2 Å². The van der Waals surface area contributed by atoms with E-state index in [2.05, 4.69) is 68.9 Å². The van der Waals surface area contributed by atoms with Crippen molar-refractivity contribution in [3.63, 3.8) is 0 Å². The molecule has 0 spiro atoms. The molecule has 0 aliphatic heterocycles. The maximum absolute atomic E-state index is 10.7. The van der Waals surface area contributed by atoms with E-state index in [0.29, 0.717) is 5.75 Å². The smallest absolute Gasteiger partial charge is 0.341 e. The second kappa shape index (κ2) is 10.8. The van der Waals surface area contributed by atoms with Gasteiger partial charge < -0.3 is 9.84 Å². The number of carboxylic acids is 1. The normalized spacial score (nSPS) is 11.3. The van der Waals surface area contributed by atoms with Crippen LogP contribution in [0, 0.1) is 3.57 Å². The van der Waals surface area contributed by atoms with Crippen molar-refractivity contribution in [1.82, 2.24) is 0 Å². The number of benzene rings is 3. The summed E-state index contributed by atoms with van der Waals surface area (Å²) in [4.78, 5) is 11.8. The molecule has 0 aliphatic rings. The van der Waals surface area contributed by atoms with Crippen molar-refractivity contribution >= 4 is 61.8 Å². The van der Waals surface area contributed by atoms with Crippen LogP contribution >= 0.6 is 50.3 Å². The lowest BCUT2D eigenvalue weighted by Gasteiger charge is -2.11. The third kappa shape index (κ3) is 6.35. The highest BCUT2D eigenvalue weighted by atomic mass is 127. The molecule has 1 N–H and O–H groups in total. The number of halogens is 2. The summed E-state index contributed by atoms with van der Waals surface area (Å²) in [7, 11) is 0. The number of rotatable bonds is 8. The zero-order valence-corrected chi connectivity index (χ0v) is 19.9. The second-order valence-corrected chi connectivity index (χ2v) is 9.16. The van der Waals surface area contributed by atoms with Crippen LogP contribution in [-0.4, -0.2) is 23.4 Å². The summed E-state index contributed by atoms with van der Waals surface area (Å²) in [5, 5.41) is 8.75. The number of carboxylic acid groups (broad SMARTS) is 1. The van der Waals surface area contributed by atoms with Gasteiger partial charge in [0.05, 0.1) is 3.57 Å². The van der Waals surface area contributed by atoms with Crippen molar-refractivity contribution in [3.8, 4) is 5.75 Å². The molecule has 0 saturated carbocycles. The van der Waals surface area contributed by atoms with Gasteiger partial charge in [-0.15, -0.1) is 11.8 Å². The number of carbonyl (C=O) groups is 1. The van der Waals surface area contributed by atoms with Gasteiger partial charge in [0.2, 0.25) is 0 Å².